The molecule has 2 rings (SSSR count). The molecule has 86 valence electrons. The zero-order valence-electron chi connectivity index (χ0n) is 9.88. The van der Waals surface area contributed by atoms with Crippen LogP contribution in [0.2, 0.25) is 0 Å². The van der Waals surface area contributed by atoms with Crippen LogP contribution in [0.4, 0.5) is 0 Å². The Hall–Kier alpha value is -0.370. The predicted molar refractivity (Wildman–Crippen MR) is 59.5 cm³/mol. The molecule has 0 spiro atoms. The number of Topliss-reactive ketones (excluding diaryl/α,β-unsaturated/α-hetero) is 1. The van der Waals surface area contributed by atoms with E-state index in [4.69, 9.17) is 0 Å². The molecule has 0 amide bonds. The van der Waals surface area contributed by atoms with Gasteiger partial charge < -0.3 is 5.11 Å². The van der Waals surface area contributed by atoms with Crippen molar-refractivity contribution in [1.82, 2.24) is 0 Å². The summed E-state index contributed by atoms with van der Waals surface area (Å²) < 4.78 is 0. The first-order valence-electron chi connectivity index (χ1n) is 6.22. The van der Waals surface area contributed by atoms with Gasteiger partial charge in [-0.15, -0.1) is 0 Å². The highest BCUT2D eigenvalue weighted by Crippen LogP contribution is 2.55. The summed E-state index contributed by atoms with van der Waals surface area (Å²) in [7, 11) is 0. The molecule has 2 heteroatoms. The molecule has 0 radical (unpaired) electrons. The Bertz CT molecular complexity index is 270. The van der Waals surface area contributed by atoms with Crippen LogP contribution in [0.15, 0.2) is 0 Å². The van der Waals surface area contributed by atoms with E-state index in [1.165, 1.54) is 6.42 Å². The number of hydrogen-bond donors (Lipinski definition) is 1. The van der Waals surface area contributed by atoms with E-state index < -0.39 is 5.60 Å². The van der Waals surface area contributed by atoms with Gasteiger partial charge in [0.1, 0.15) is 5.78 Å². The Morgan fingerprint density at radius 1 is 1.20 bits per heavy atom. The summed E-state index contributed by atoms with van der Waals surface area (Å²) in [5.41, 5.74) is -0.699. The maximum absolute atomic E-state index is 11.6. The average Bonchev–Trinajstić information content (AvgIpc) is 2.17. The zero-order valence-corrected chi connectivity index (χ0v) is 9.88. The first-order valence-corrected chi connectivity index (χ1v) is 6.22. The van der Waals surface area contributed by atoms with Crippen molar-refractivity contribution < 1.29 is 9.90 Å². The smallest absolute Gasteiger partial charge is 0.135 e. The first kappa shape index (κ1) is 11.1. The van der Waals surface area contributed by atoms with E-state index in [1.807, 2.05) is 0 Å². The Kier molecular flexibility index (Phi) is 2.66. The third-order valence-corrected chi connectivity index (χ3v) is 4.87. The molecule has 2 fully saturated rings. The third-order valence-electron chi connectivity index (χ3n) is 4.87. The summed E-state index contributed by atoms with van der Waals surface area (Å²) in [6.07, 6.45) is 7.29. The quantitative estimate of drug-likeness (QED) is 0.722. The summed E-state index contributed by atoms with van der Waals surface area (Å²) >= 11 is 0. The second-order valence-electron chi connectivity index (χ2n) is 5.75. The molecule has 2 saturated carbocycles. The minimum Gasteiger partial charge on any atom is -0.389 e. The van der Waals surface area contributed by atoms with Gasteiger partial charge in [-0.25, -0.2) is 0 Å². The summed E-state index contributed by atoms with van der Waals surface area (Å²) in [6, 6.07) is 0. The Labute approximate surface area is 92.1 Å². The normalized spacial score (nSPS) is 45.9. The highest BCUT2D eigenvalue weighted by Gasteiger charge is 2.55. The van der Waals surface area contributed by atoms with E-state index in [-0.39, 0.29) is 17.1 Å². The van der Waals surface area contributed by atoms with Crippen molar-refractivity contribution >= 4 is 5.78 Å². The van der Waals surface area contributed by atoms with Gasteiger partial charge in [-0.05, 0) is 38.0 Å². The number of hydrogen-bond acceptors (Lipinski definition) is 2. The Morgan fingerprint density at radius 3 is 2.47 bits per heavy atom. The Morgan fingerprint density at radius 2 is 1.80 bits per heavy atom. The lowest BCUT2D eigenvalue weighted by molar-refractivity contribution is -0.176. The lowest BCUT2D eigenvalue weighted by Crippen LogP contribution is -2.58. The fourth-order valence-corrected chi connectivity index (χ4v) is 3.84. The predicted octanol–water partition coefficient (Wildman–Crippen LogP) is 2.69. The molecule has 2 aliphatic rings. The molecular weight excluding hydrogens is 188 g/mol. The number of ketones is 1. The number of carbonyl (C=O) groups is 1. The van der Waals surface area contributed by atoms with Crippen molar-refractivity contribution in [2.75, 3.05) is 0 Å². The van der Waals surface area contributed by atoms with Crippen molar-refractivity contribution in [1.29, 1.82) is 0 Å². The molecule has 0 unspecified atom stereocenters. The van der Waals surface area contributed by atoms with Gasteiger partial charge in [0.2, 0.25) is 0 Å². The topological polar surface area (TPSA) is 37.3 Å². The highest BCUT2D eigenvalue weighted by molar-refractivity contribution is 5.80. The van der Waals surface area contributed by atoms with Gasteiger partial charge in [-0.2, -0.15) is 0 Å². The van der Waals surface area contributed by atoms with Gasteiger partial charge in [0.15, 0.2) is 0 Å². The molecular formula is C13H22O2. The van der Waals surface area contributed by atoms with E-state index in [0.29, 0.717) is 0 Å². The van der Waals surface area contributed by atoms with Gasteiger partial charge in [0, 0.05) is 5.92 Å². The van der Waals surface area contributed by atoms with Crippen LogP contribution in [0.3, 0.4) is 0 Å². The van der Waals surface area contributed by atoms with Gasteiger partial charge in [-0.3, -0.25) is 4.79 Å². The van der Waals surface area contributed by atoms with Gasteiger partial charge in [-0.1, -0.05) is 26.2 Å². The van der Waals surface area contributed by atoms with Crippen LogP contribution in [-0.4, -0.2) is 16.5 Å². The van der Waals surface area contributed by atoms with E-state index in [1.54, 1.807) is 6.92 Å². The lowest BCUT2D eigenvalue weighted by Gasteiger charge is -2.55. The maximum Gasteiger partial charge on any atom is 0.135 e. The largest absolute Gasteiger partial charge is 0.389 e. The van der Waals surface area contributed by atoms with Crippen molar-refractivity contribution in [3.63, 3.8) is 0 Å². The molecule has 0 aromatic rings. The molecule has 0 aliphatic heterocycles. The summed E-state index contributed by atoms with van der Waals surface area (Å²) in [5.74, 6) is 0.0851. The minimum atomic E-state index is -0.699. The van der Waals surface area contributed by atoms with Crippen LogP contribution in [-0.2, 0) is 4.79 Å². The van der Waals surface area contributed by atoms with Crippen LogP contribution in [0, 0.1) is 11.3 Å². The zero-order chi connectivity index (χ0) is 11.1. The van der Waals surface area contributed by atoms with Crippen molar-refractivity contribution in [3.8, 4) is 0 Å². The second-order valence-corrected chi connectivity index (χ2v) is 5.75. The number of rotatable bonds is 1. The third kappa shape index (κ3) is 1.54. The SMILES string of the molecule is CC(=O)[C@H]1CCC[C@]2(C)CCCC[C@]12O. The van der Waals surface area contributed by atoms with Crippen LogP contribution in [0.1, 0.15) is 58.8 Å². The standard InChI is InChI=1S/C13H22O2/c1-10(14)11-6-5-8-12(2)7-3-4-9-13(11,12)15/h11,15H,3-9H2,1-2H3/t11-,12+,13+/m1/s1. The van der Waals surface area contributed by atoms with Crippen LogP contribution in [0.25, 0.3) is 0 Å². The monoisotopic (exact) mass is 210 g/mol. The van der Waals surface area contributed by atoms with Crippen LogP contribution < -0.4 is 0 Å². The second kappa shape index (κ2) is 3.58. The number of carbonyl (C=O) groups excluding carboxylic acids is 1. The molecule has 0 heterocycles. The molecule has 0 aromatic heterocycles. The molecule has 3 atom stereocenters. The maximum atomic E-state index is 11.6. The van der Waals surface area contributed by atoms with Gasteiger partial charge in [0.25, 0.3) is 0 Å². The van der Waals surface area contributed by atoms with E-state index >= 15 is 0 Å². The number of fused-ring (bicyclic) bond motifs is 1. The van der Waals surface area contributed by atoms with E-state index in [0.717, 1.165) is 38.5 Å². The summed E-state index contributed by atoms with van der Waals surface area (Å²) in [5, 5.41) is 10.9. The van der Waals surface area contributed by atoms with Gasteiger partial charge >= 0.3 is 0 Å². The van der Waals surface area contributed by atoms with Crippen molar-refractivity contribution in [2.24, 2.45) is 11.3 Å². The Balaban J connectivity index is 2.33. The summed E-state index contributed by atoms with van der Waals surface area (Å²) in [6.45, 7) is 3.82. The molecule has 0 bridgehead atoms. The lowest BCUT2D eigenvalue weighted by atomic mass is 9.53. The van der Waals surface area contributed by atoms with E-state index in [9.17, 15) is 9.90 Å². The minimum absolute atomic E-state index is 0.000162. The molecule has 15 heavy (non-hydrogen) atoms. The molecule has 0 aromatic carbocycles. The number of aliphatic hydroxyl groups is 1. The molecule has 2 aliphatic carbocycles. The fraction of sp³-hybridized carbons (Fsp3) is 0.923. The van der Waals surface area contributed by atoms with E-state index in [2.05, 4.69) is 6.92 Å². The fourth-order valence-electron chi connectivity index (χ4n) is 3.84. The average molecular weight is 210 g/mol. The first-order chi connectivity index (χ1) is 7.00. The van der Waals surface area contributed by atoms with Crippen molar-refractivity contribution in [3.05, 3.63) is 0 Å². The highest BCUT2D eigenvalue weighted by atomic mass is 16.3. The van der Waals surface area contributed by atoms with Gasteiger partial charge in [0.05, 0.1) is 5.60 Å². The van der Waals surface area contributed by atoms with Crippen LogP contribution >= 0.6 is 0 Å². The summed E-state index contributed by atoms with van der Waals surface area (Å²) in [4.78, 5) is 11.6. The van der Waals surface area contributed by atoms with Crippen LogP contribution in [0.5, 0.6) is 0 Å². The van der Waals surface area contributed by atoms with Crippen molar-refractivity contribution in [2.45, 2.75) is 64.4 Å². The molecule has 0 saturated heterocycles. The molecule has 2 nitrogen and oxygen atoms in total. The molecule has 1 N–H and O–H groups in total.